The Morgan fingerprint density at radius 3 is 2.47 bits per heavy atom. The number of rotatable bonds is 7. The number of halogens is 4. The summed E-state index contributed by atoms with van der Waals surface area (Å²) in [5.41, 5.74) is -0.102. The topological polar surface area (TPSA) is 84.7 Å². The van der Waals surface area contributed by atoms with Crippen LogP contribution in [0.1, 0.15) is 48.0 Å². The van der Waals surface area contributed by atoms with E-state index in [1.54, 1.807) is 18.6 Å². The molecule has 0 bridgehead atoms. The monoisotopic (exact) mass is 526 g/mol. The van der Waals surface area contributed by atoms with Crippen LogP contribution in [-0.4, -0.2) is 25.7 Å². The molecule has 0 saturated heterocycles. The molecule has 0 radical (unpaired) electrons. The summed E-state index contributed by atoms with van der Waals surface area (Å²) in [7, 11) is 0. The molecular weight excluding hydrogens is 500 g/mol. The first kappa shape index (κ1) is 26.8. The van der Waals surface area contributed by atoms with Gasteiger partial charge in [-0.15, -0.1) is 0 Å². The van der Waals surface area contributed by atoms with Crippen LogP contribution in [0.15, 0.2) is 67.1 Å². The molecule has 198 valence electrons. The Morgan fingerprint density at radius 2 is 1.79 bits per heavy atom. The largest absolute Gasteiger partial charge is 0.416 e. The number of aryl methyl sites for hydroxylation is 2. The number of carbonyl (C=O) groups excluding carboxylic acids is 1. The average Bonchev–Trinajstić information content (AvgIpc) is 3.27. The third-order valence-electron chi connectivity index (χ3n) is 5.62. The maximum Gasteiger partial charge on any atom is 0.416 e. The van der Waals surface area contributed by atoms with E-state index in [0.717, 1.165) is 18.2 Å². The molecule has 0 aliphatic heterocycles. The lowest BCUT2D eigenvalue weighted by molar-refractivity contribution is -0.137. The average molecular weight is 527 g/mol. The Morgan fingerprint density at radius 1 is 1.00 bits per heavy atom. The van der Waals surface area contributed by atoms with E-state index in [9.17, 15) is 22.4 Å². The predicted octanol–water partition coefficient (Wildman–Crippen LogP) is 6.37. The summed E-state index contributed by atoms with van der Waals surface area (Å²) in [4.78, 5) is 20.8. The third-order valence-corrected chi connectivity index (χ3v) is 5.62. The fraction of sp³-hybridized carbons (Fsp3) is 0.259. The normalized spacial score (nSPS) is 11.9. The maximum absolute atomic E-state index is 14.6. The van der Waals surface area contributed by atoms with Gasteiger partial charge >= 0.3 is 6.18 Å². The van der Waals surface area contributed by atoms with Crippen molar-refractivity contribution in [1.29, 1.82) is 0 Å². The second-order valence-corrected chi connectivity index (χ2v) is 9.66. The van der Waals surface area contributed by atoms with Gasteiger partial charge in [-0.25, -0.2) is 14.1 Å². The van der Waals surface area contributed by atoms with Crippen molar-refractivity contribution in [3.8, 4) is 0 Å². The Bertz CT molecular complexity index is 1430. The minimum atomic E-state index is -4.57. The number of hydrogen-bond acceptors (Lipinski definition) is 5. The van der Waals surface area contributed by atoms with Crippen LogP contribution < -0.4 is 10.6 Å². The zero-order chi connectivity index (χ0) is 27.5. The van der Waals surface area contributed by atoms with Gasteiger partial charge in [0.1, 0.15) is 17.5 Å². The summed E-state index contributed by atoms with van der Waals surface area (Å²) in [6.45, 7) is 6.01. The molecule has 4 aromatic rings. The highest BCUT2D eigenvalue weighted by Crippen LogP contribution is 2.30. The number of benzene rings is 2. The van der Waals surface area contributed by atoms with E-state index >= 15 is 0 Å². The maximum atomic E-state index is 14.6. The molecular formula is C27H26F4N6O. The van der Waals surface area contributed by atoms with Crippen molar-refractivity contribution < 1.29 is 22.4 Å². The smallest absolute Gasteiger partial charge is 0.324 e. The molecule has 0 aliphatic rings. The third kappa shape index (κ3) is 6.53. The molecule has 0 fully saturated rings. The number of amides is 1. The van der Waals surface area contributed by atoms with Gasteiger partial charge < -0.3 is 10.6 Å². The van der Waals surface area contributed by atoms with Gasteiger partial charge in [0.2, 0.25) is 0 Å². The summed E-state index contributed by atoms with van der Waals surface area (Å²) in [6.07, 6.45) is 0.855. The molecule has 2 aromatic carbocycles. The van der Waals surface area contributed by atoms with Gasteiger partial charge in [0.05, 0.1) is 23.0 Å². The Kier molecular flexibility index (Phi) is 7.47. The number of carbonyl (C=O) groups is 1. The molecule has 11 heteroatoms. The van der Waals surface area contributed by atoms with Crippen molar-refractivity contribution in [2.75, 3.05) is 10.6 Å². The van der Waals surface area contributed by atoms with Gasteiger partial charge in [-0.1, -0.05) is 6.07 Å². The van der Waals surface area contributed by atoms with Crippen LogP contribution in [-0.2, 0) is 24.6 Å². The van der Waals surface area contributed by atoms with Gasteiger partial charge in [0.15, 0.2) is 0 Å². The number of hydrogen-bond donors (Lipinski definition) is 2. The number of anilines is 3. The second-order valence-electron chi connectivity index (χ2n) is 9.66. The van der Waals surface area contributed by atoms with E-state index in [2.05, 4.69) is 25.7 Å². The van der Waals surface area contributed by atoms with Crippen LogP contribution in [0, 0.1) is 5.82 Å². The summed E-state index contributed by atoms with van der Waals surface area (Å²) in [5.74, 6) is 0.0721. The molecule has 0 spiro atoms. The summed E-state index contributed by atoms with van der Waals surface area (Å²) in [5, 5.41) is 10.4. The van der Waals surface area contributed by atoms with Crippen molar-refractivity contribution in [3.63, 3.8) is 0 Å². The molecule has 0 aliphatic carbocycles. The summed E-state index contributed by atoms with van der Waals surface area (Å²) in [6, 6.07) is 10.0. The van der Waals surface area contributed by atoms with Crippen molar-refractivity contribution >= 4 is 23.2 Å². The number of aromatic nitrogens is 4. The molecule has 2 N–H and O–H groups in total. The lowest BCUT2D eigenvalue weighted by atomic mass is 10.1. The predicted molar refractivity (Wildman–Crippen MR) is 136 cm³/mol. The minimum Gasteiger partial charge on any atom is -0.324 e. The fourth-order valence-corrected chi connectivity index (χ4v) is 3.79. The molecule has 38 heavy (non-hydrogen) atoms. The van der Waals surface area contributed by atoms with Crippen molar-refractivity contribution in [2.45, 2.75) is 45.3 Å². The molecule has 0 saturated carbocycles. The quantitative estimate of drug-likeness (QED) is 0.274. The highest BCUT2D eigenvalue weighted by molar-refractivity contribution is 6.04. The first-order valence-corrected chi connectivity index (χ1v) is 11.8. The van der Waals surface area contributed by atoms with Crippen molar-refractivity contribution in [1.82, 2.24) is 19.7 Å². The van der Waals surface area contributed by atoms with Gasteiger partial charge in [0.25, 0.3) is 5.91 Å². The number of alkyl halides is 3. The molecule has 0 atom stereocenters. The van der Waals surface area contributed by atoms with Crippen LogP contribution in [0.2, 0.25) is 0 Å². The van der Waals surface area contributed by atoms with Crippen molar-refractivity contribution in [2.24, 2.45) is 0 Å². The zero-order valence-electron chi connectivity index (χ0n) is 21.0. The van der Waals surface area contributed by atoms with E-state index in [-0.39, 0.29) is 23.2 Å². The van der Waals surface area contributed by atoms with Gasteiger partial charge in [0, 0.05) is 29.7 Å². The molecule has 2 aromatic heterocycles. The molecule has 1 amide bonds. The molecule has 0 unspecified atom stereocenters. The van der Waals surface area contributed by atoms with Crippen LogP contribution in [0.5, 0.6) is 0 Å². The van der Waals surface area contributed by atoms with E-state index < -0.39 is 23.5 Å². The standard InChI is InChI=1S/C27H26F4N6O/c1-26(2,3)37-24(35-23-16-32-11-12-33-23)15-21(36-37)8-7-17-14-20(9-10-22(17)28)34-25(38)18-5-4-6-19(13-18)27(29,30)31/h4-6,9-16H,7-8H2,1-3H3,(H,33,35)(H,34,38). The molecule has 4 rings (SSSR count). The highest BCUT2D eigenvalue weighted by atomic mass is 19.4. The number of nitrogens with one attached hydrogen (secondary N) is 2. The van der Waals surface area contributed by atoms with E-state index in [1.165, 1.54) is 24.3 Å². The van der Waals surface area contributed by atoms with E-state index in [4.69, 9.17) is 0 Å². The molecule has 7 nitrogen and oxygen atoms in total. The van der Waals surface area contributed by atoms with Crippen LogP contribution >= 0.6 is 0 Å². The second kappa shape index (κ2) is 10.6. The van der Waals surface area contributed by atoms with Crippen molar-refractivity contribution in [3.05, 3.63) is 95.3 Å². The van der Waals surface area contributed by atoms with E-state index in [0.29, 0.717) is 29.3 Å². The van der Waals surface area contributed by atoms with Gasteiger partial charge in [-0.05, 0) is 75.6 Å². The Hall–Kier alpha value is -4.28. The zero-order valence-corrected chi connectivity index (χ0v) is 21.0. The lowest BCUT2D eigenvalue weighted by Gasteiger charge is -2.22. The lowest BCUT2D eigenvalue weighted by Crippen LogP contribution is -2.24. The molecule has 2 heterocycles. The van der Waals surface area contributed by atoms with E-state index in [1.807, 2.05) is 31.5 Å². The highest BCUT2D eigenvalue weighted by Gasteiger charge is 2.31. The minimum absolute atomic E-state index is 0.151. The fourth-order valence-electron chi connectivity index (χ4n) is 3.79. The van der Waals surface area contributed by atoms with Gasteiger partial charge in [-0.2, -0.15) is 18.3 Å². The Labute approximate surface area is 216 Å². The first-order chi connectivity index (χ1) is 17.9. The summed E-state index contributed by atoms with van der Waals surface area (Å²) >= 11 is 0. The van der Waals surface area contributed by atoms with Crippen LogP contribution in [0.3, 0.4) is 0 Å². The SMILES string of the molecule is CC(C)(C)n1nc(CCc2cc(NC(=O)c3cccc(C(F)(F)F)c3)ccc2F)cc1Nc1cnccn1. The summed E-state index contributed by atoms with van der Waals surface area (Å²) < 4.78 is 55.4. The first-order valence-electron chi connectivity index (χ1n) is 11.8. The van der Waals surface area contributed by atoms with Crippen LogP contribution in [0.25, 0.3) is 0 Å². The Balaban J connectivity index is 1.49. The van der Waals surface area contributed by atoms with Gasteiger partial charge in [-0.3, -0.25) is 9.78 Å². The number of nitrogens with zero attached hydrogens (tertiary/aromatic N) is 4. The van der Waals surface area contributed by atoms with Crippen LogP contribution in [0.4, 0.5) is 34.9 Å².